The van der Waals surface area contributed by atoms with Gasteiger partial charge in [-0.05, 0) is 61.9 Å². The SMILES string of the molecule is CSc1ccc(OCC#Cc2ccc(CC[C@@](C)(N)C3(O)OC(=O)C(=O)O3)o2)cc1. The van der Waals surface area contributed by atoms with E-state index in [-0.39, 0.29) is 13.0 Å². The number of hydrogen-bond donors (Lipinski definition) is 2. The van der Waals surface area contributed by atoms with Gasteiger partial charge in [0.1, 0.15) is 23.7 Å². The molecule has 3 N–H and O–H groups in total. The minimum atomic E-state index is -2.51. The fraction of sp³-hybridized carbons (Fsp3) is 0.333. The van der Waals surface area contributed by atoms with Gasteiger partial charge in [-0.2, -0.15) is 0 Å². The second kappa shape index (κ2) is 8.83. The molecule has 2 heterocycles. The summed E-state index contributed by atoms with van der Waals surface area (Å²) in [4.78, 5) is 23.6. The third-order valence-electron chi connectivity index (χ3n) is 4.48. The maximum absolute atomic E-state index is 11.2. The predicted molar refractivity (Wildman–Crippen MR) is 107 cm³/mol. The Morgan fingerprint density at radius 2 is 1.83 bits per heavy atom. The van der Waals surface area contributed by atoms with E-state index < -0.39 is 23.5 Å². The van der Waals surface area contributed by atoms with Crippen LogP contribution in [0.15, 0.2) is 45.7 Å². The first-order valence-corrected chi connectivity index (χ1v) is 10.3. The number of thioether (sulfide) groups is 1. The van der Waals surface area contributed by atoms with Gasteiger partial charge in [0.05, 0.1) is 0 Å². The molecule has 9 heteroatoms. The summed E-state index contributed by atoms with van der Waals surface area (Å²) in [5.74, 6) is 2.39. The molecule has 1 aromatic heterocycles. The summed E-state index contributed by atoms with van der Waals surface area (Å²) >= 11 is 1.66. The first-order chi connectivity index (χ1) is 14.2. The number of benzene rings is 1. The summed E-state index contributed by atoms with van der Waals surface area (Å²) in [7, 11) is 0. The zero-order valence-electron chi connectivity index (χ0n) is 16.5. The van der Waals surface area contributed by atoms with Crippen LogP contribution in [-0.2, 0) is 25.5 Å². The summed E-state index contributed by atoms with van der Waals surface area (Å²) < 4.78 is 20.3. The minimum Gasteiger partial charge on any atom is -0.481 e. The molecule has 30 heavy (non-hydrogen) atoms. The van der Waals surface area contributed by atoms with Crippen molar-refractivity contribution in [3.63, 3.8) is 0 Å². The molecule has 1 atom stereocenters. The Morgan fingerprint density at radius 1 is 1.17 bits per heavy atom. The molecular formula is C21H21NO7S. The van der Waals surface area contributed by atoms with Crippen LogP contribution < -0.4 is 10.5 Å². The zero-order valence-corrected chi connectivity index (χ0v) is 17.3. The lowest BCUT2D eigenvalue weighted by atomic mass is 9.93. The number of furan rings is 1. The fourth-order valence-electron chi connectivity index (χ4n) is 2.62. The number of carbonyl (C=O) groups is 2. The quantitative estimate of drug-likeness (QED) is 0.293. The van der Waals surface area contributed by atoms with Crippen molar-refractivity contribution >= 4 is 23.7 Å². The molecule has 1 aliphatic heterocycles. The number of nitrogens with two attached hydrogens (primary N) is 1. The largest absolute Gasteiger partial charge is 0.481 e. The van der Waals surface area contributed by atoms with Gasteiger partial charge in [0.25, 0.3) is 0 Å². The van der Waals surface area contributed by atoms with E-state index >= 15 is 0 Å². The molecule has 0 spiro atoms. The van der Waals surface area contributed by atoms with Crippen LogP contribution in [0.25, 0.3) is 0 Å². The van der Waals surface area contributed by atoms with Crippen LogP contribution in [0.5, 0.6) is 5.75 Å². The van der Waals surface area contributed by atoms with Crippen molar-refractivity contribution in [2.24, 2.45) is 5.73 Å². The summed E-state index contributed by atoms with van der Waals surface area (Å²) in [5.41, 5.74) is 4.48. The topological polar surface area (TPSA) is 121 Å². The van der Waals surface area contributed by atoms with Crippen molar-refractivity contribution in [2.45, 2.75) is 36.2 Å². The van der Waals surface area contributed by atoms with Gasteiger partial charge >= 0.3 is 17.9 Å². The Bertz CT molecular complexity index is 969. The highest BCUT2D eigenvalue weighted by atomic mass is 32.2. The minimum absolute atomic E-state index is 0.111. The number of ether oxygens (including phenoxy) is 3. The predicted octanol–water partition coefficient (Wildman–Crippen LogP) is 1.83. The van der Waals surface area contributed by atoms with Crippen molar-refractivity contribution in [1.82, 2.24) is 0 Å². The molecule has 0 bridgehead atoms. The van der Waals surface area contributed by atoms with Crippen molar-refractivity contribution in [3.8, 4) is 17.6 Å². The lowest BCUT2D eigenvalue weighted by Crippen LogP contribution is -2.60. The van der Waals surface area contributed by atoms with E-state index in [9.17, 15) is 14.7 Å². The molecule has 158 valence electrons. The maximum atomic E-state index is 11.2. The van der Waals surface area contributed by atoms with Gasteiger partial charge < -0.3 is 29.5 Å². The van der Waals surface area contributed by atoms with Crippen LogP contribution in [0.2, 0.25) is 0 Å². The molecule has 1 saturated heterocycles. The standard InChI is InChI=1S/C21H21NO7S/c1-20(22,21(25)28-18(23)19(24)29-21)12-11-16-6-5-15(27-16)4-3-13-26-14-7-9-17(30-2)10-8-14/h5-10,25H,11-13,22H2,1-2H3/t20-/m1/s1. The molecule has 0 amide bonds. The third-order valence-corrected chi connectivity index (χ3v) is 5.23. The zero-order chi connectivity index (χ0) is 21.8. The van der Waals surface area contributed by atoms with Crippen molar-refractivity contribution in [1.29, 1.82) is 0 Å². The van der Waals surface area contributed by atoms with Crippen LogP contribution >= 0.6 is 11.8 Å². The highest BCUT2D eigenvalue weighted by molar-refractivity contribution is 7.98. The number of carbonyl (C=O) groups excluding carboxylic acids is 2. The normalized spacial score (nSPS) is 16.8. The van der Waals surface area contributed by atoms with Crippen molar-refractivity contribution in [3.05, 3.63) is 47.9 Å². The van der Waals surface area contributed by atoms with Gasteiger partial charge in [-0.3, -0.25) is 0 Å². The summed E-state index contributed by atoms with van der Waals surface area (Å²) in [6.45, 7) is 1.62. The number of cyclic esters (lactones) is 2. The van der Waals surface area contributed by atoms with Gasteiger partial charge in [-0.1, -0.05) is 5.92 Å². The van der Waals surface area contributed by atoms with Crippen LogP contribution in [0.1, 0.15) is 24.9 Å². The average molecular weight is 431 g/mol. The molecule has 0 saturated carbocycles. The monoisotopic (exact) mass is 431 g/mol. The van der Waals surface area contributed by atoms with Crippen molar-refractivity contribution in [2.75, 3.05) is 12.9 Å². The Hall–Kier alpha value is -2.93. The highest BCUT2D eigenvalue weighted by Gasteiger charge is 2.58. The number of rotatable bonds is 7. The smallest absolute Gasteiger partial charge is 0.422 e. The van der Waals surface area contributed by atoms with E-state index in [4.69, 9.17) is 14.9 Å². The van der Waals surface area contributed by atoms with Crippen molar-refractivity contribution < 1.29 is 33.3 Å². The molecule has 0 unspecified atom stereocenters. The van der Waals surface area contributed by atoms with Crippen LogP contribution in [-0.4, -0.2) is 41.4 Å². The molecule has 2 aromatic rings. The highest BCUT2D eigenvalue weighted by Crippen LogP contribution is 2.32. The van der Waals surface area contributed by atoms with Gasteiger partial charge in [0.2, 0.25) is 0 Å². The van der Waals surface area contributed by atoms with E-state index in [2.05, 4.69) is 21.3 Å². The van der Waals surface area contributed by atoms with Gasteiger partial charge in [0, 0.05) is 11.3 Å². The van der Waals surface area contributed by atoms with E-state index in [1.165, 1.54) is 6.92 Å². The summed E-state index contributed by atoms with van der Waals surface area (Å²) in [6, 6.07) is 11.1. The molecule has 1 aliphatic rings. The summed E-state index contributed by atoms with van der Waals surface area (Å²) in [5, 5.41) is 10.2. The van der Waals surface area contributed by atoms with Gasteiger partial charge in [-0.15, -0.1) is 11.8 Å². The number of esters is 2. The summed E-state index contributed by atoms with van der Waals surface area (Å²) in [6.07, 6.45) is 2.41. The molecule has 3 rings (SSSR count). The van der Waals surface area contributed by atoms with Gasteiger partial charge in [0.15, 0.2) is 5.76 Å². The molecule has 1 aromatic carbocycles. The molecule has 1 fully saturated rings. The van der Waals surface area contributed by atoms with Gasteiger partial charge in [-0.25, -0.2) is 9.59 Å². The Labute approximate surface area is 177 Å². The lowest BCUT2D eigenvalue weighted by Gasteiger charge is -2.34. The Kier molecular flexibility index (Phi) is 6.41. The van der Waals surface area contributed by atoms with E-state index in [1.807, 2.05) is 30.5 Å². The lowest BCUT2D eigenvalue weighted by molar-refractivity contribution is -0.324. The number of hydrogen-bond acceptors (Lipinski definition) is 9. The second-order valence-corrected chi connectivity index (χ2v) is 7.69. The molecule has 8 nitrogen and oxygen atoms in total. The second-order valence-electron chi connectivity index (χ2n) is 6.81. The molecule has 0 aliphatic carbocycles. The van der Waals surface area contributed by atoms with Crippen LogP contribution in [0.3, 0.4) is 0 Å². The van der Waals surface area contributed by atoms with E-state index in [1.54, 1.807) is 23.9 Å². The first-order valence-electron chi connectivity index (χ1n) is 9.04. The third kappa shape index (κ3) is 4.97. The molecular weight excluding hydrogens is 410 g/mol. The average Bonchev–Trinajstić information content (AvgIpc) is 3.28. The number of aliphatic hydroxyl groups is 1. The first kappa shape index (κ1) is 21.8. The molecule has 0 radical (unpaired) electrons. The van der Waals surface area contributed by atoms with E-state index in [0.717, 1.165) is 10.6 Å². The Balaban J connectivity index is 1.51. The Morgan fingerprint density at radius 3 is 2.47 bits per heavy atom. The van der Waals surface area contributed by atoms with Crippen LogP contribution in [0.4, 0.5) is 0 Å². The maximum Gasteiger partial charge on any atom is 0.422 e. The van der Waals surface area contributed by atoms with Crippen LogP contribution in [0, 0.1) is 11.8 Å². The van der Waals surface area contributed by atoms with E-state index in [0.29, 0.717) is 17.9 Å². The number of aryl methyl sites for hydroxylation is 1. The fourth-order valence-corrected chi connectivity index (χ4v) is 3.03.